The van der Waals surface area contributed by atoms with Crippen LogP contribution in [0.15, 0.2) is 18.5 Å². The van der Waals surface area contributed by atoms with Crippen LogP contribution in [0.5, 0.6) is 0 Å². The number of β-amino-alcohol motifs (C(OH)–C–C–N with tert-alkyl or cyclic N) is 1. The molecule has 0 spiro atoms. The van der Waals surface area contributed by atoms with E-state index in [2.05, 4.69) is 9.88 Å². The Labute approximate surface area is 101 Å². The molecule has 0 amide bonds. The first-order valence-corrected chi connectivity index (χ1v) is 5.96. The van der Waals surface area contributed by atoms with Gasteiger partial charge in [-0.1, -0.05) is 11.6 Å². The number of hydrogen-bond donors (Lipinski definition) is 1. The molecule has 0 aromatic carbocycles. The number of piperidine rings is 1. The Balaban J connectivity index is 2.11. The highest BCUT2D eigenvalue weighted by Crippen LogP contribution is 2.27. The lowest BCUT2D eigenvalue weighted by Crippen LogP contribution is -2.47. The van der Waals surface area contributed by atoms with Gasteiger partial charge in [0, 0.05) is 25.4 Å². The van der Waals surface area contributed by atoms with E-state index >= 15 is 0 Å². The molecule has 0 radical (unpaired) electrons. The summed E-state index contributed by atoms with van der Waals surface area (Å²) in [7, 11) is 2.04. The quantitative estimate of drug-likeness (QED) is 0.856. The maximum absolute atomic E-state index is 10.5. The molecule has 16 heavy (non-hydrogen) atoms. The molecule has 1 aliphatic rings. The molecule has 2 rings (SSSR count). The fourth-order valence-electron chi connectivity index (χ4n) is 2.38. The molecule has 0 saturated carbocycles. The molecule has 0 bridgehead atoms. The van der Waals surface area contributed by atoms with Crippen molar-refractivity contribution in [3.05, 3.63) is 29.0 Å². The van der Waals surface area contributed by atoms with Crippen LogP contribution in [-0.4, -0.2) is 40.7 Å². The van der Waals surface area contributed by atoms with Crippen molar-refractivity contribution in [1.82, 2.24) is 9.88 Å². The molecule has 3 nitrogen and oxygen atoms in total. The average Bonchev–Trinajstić information content (AvgIpc) is 2.21. The molecular formula is C12H17ClN2O. The first-order valence-electron chi connectivity index (χ1n) is 5.58. The van der Waals surface area contributed by atoms with E-state index in [9.17, 15) is 5.11 Å². The van der Waals surface area contributed by atoms with Crippen molar-refractivity contribution < 1.29 is 5.11 Å². The van der Waals surface area contributed by atoms with Gasteiger partial charge in [0.05, 0.1) is 10.6 Å². The molecule has 1 aliphatic heterocycles. The fourth-order valence-corrected chi connectivity index (χ4v) is 2.57. The zero-order valence-corrected chi connectivity index (χ0v) is 10.2. The Morgan fingerprint density at radius 2 is 2.44 bits per heavy atom. The number of aromatic nitrogens is 1. The van der Waals surface area contributed by atoms with Crippen LogP contribution in [0.25, 0.3) is 0 Å². The zero-order valence-electron chi connectivity index (χ0n) is 9.49. The summed E-state index contributed by atoms with van der Waals surface area (Å²) in [6.07, 6.45) is 5.84. The second kappa shape index (κ2) is 4.70. The fraction of sp³-hybridized carbons (Fsp3) is 0.583. The third kappa shape index (κ3) is 2.73. The number of pyridine rings is 1. The number of likely N-dealkylation sites (tertiary alicyclic amines) is 1. The molecule has 1 aromatic rings. The van der Waals surface area contributed by atoms with E-state index in [1.165, 1.54) is 0 Å². The molecule has 1 atom stereocenters. The van der Waals surface area contributed by atoms with Gasteiger partial charge < -0.3 is 10.0 Å². The highest BCUT2D eigenvalue weighted by atomic mass is 35.5. The van der Waals surface area contributed by atoms with Gasteiger partial charge in [-0.2, -0.15) is 0 Å². The largest absolute Gasteiger partial charge is 0.388 e. The van der Waals surface area contributed by atoms with Gasteiger partial charge in [-0.15, -0.1) is 0 Å². The van der Waals surface area contributed by atoms with Crippen LogP contribution < -0.4 is 0 Å². The van der Waals surface area contributed by atoms with Crippen molar-refractivity contribution in [2.75, 3.05) is 20.1 Å². The lowest BCUT2D eigenvalue weighted by Gasteiger charge is -2.37. The van der Waals surface area contributed by atoms with Gasteiger partial charge in [-0.25, -0.2) is 0 Å². The Morgan fingerprint density at radius 1 is 1.62 bits per heavy atom. The van der Waals surface area contributed by atoms with Gasteiger partial charge in [0.2, 0.25) is 0 Å². The Bertz CT molecular complexity index is 372. The van der Waals surface area contributed by atoms with Crippen molar-refractivity contribution in [3.63, 3.8) is 0 Å². The monoisotopic (exact) mass is 240 g/mol. The van der Waals surface area contributed by atoms with Crippen molar-refractivity contribution in [2.24, 2.45) is 0 Å². The van der Waals surface area contributed by atoms with E-state index in [0.717, 1.165) is 24.9 Å². The lowest BCUT2D eigenvalue weighted by atomic mass is 9.87. The SMILES string of the molecule is CN1CCCC(O)(Cc2ccncc2Cl)C1. The van der Waals surface area contributed by atoms with E-state index in [-0.39, 0.29) is 0 Å². The Kier molecular flexibility index (Phi) is 3.47. The molecular weight excluding hydrogens is 224 g/mol. The first kappa shape index (κ1) is 11.8. The predicted octanol–water partition coefficient (Wildman–Crippen LogP) is 1.73. The predicted molar refractivity (Wildman–Crippen MR) is 64.6 cm³/mol. The molecule has 1 aromatic heterocycles. The lowest BCUT2D eigenvalue weighted by molar-refractivity contribution is -0.0223. The molecule has 2 heterocycles. The van der Waals surface area contributed by atoms with Gasteiger partial charge in [0.1, 0.15) is 0 Å². The highest BCUT2D eigenvalue weighted by Gasteiger charge is 2.32. The summed E-state index contributed by atoms with van der Waals surface area (Å²) in [5.41, 5.74) is 0.340. The molecule has 88 valence electrons. The summed E-state index contributed by atoms with van der Waals surface area (Å²) >= 11 is 6.05. The summed E-state index contributed by atoms with van der Waals surface area (Å²) in [6.45, 7) is 1.78. The molecule has 4 heteroatoms. The van der Waals surface area contributed by atoms with Crippen LogP contribution in [0.2, 0.25) is 5.02 Å². The topological polar surface area (TPSA) is 36.4 Å². The summed E-state index contributed by atoms with van der Waals surface area (Å²) in [6, 6.07) is 1.88. The minimum Gasteiger partial charge on any atom is -0.388 e. The summed E-state index contributed by atoms with van der Waals surface area (Å²) in [4.78, 5) is 6.12. The third-order valence-electron chi connectivity index (χ3n) is 3.12. The van der Waals surface area contributed by atoms with Crippen LogP contribution in [0, 0.1) is 0 Å². The van der Waals surface area contributed by atoms with E-state index < -0.39 is 5.60 Å². The minimum absolute atomic E-state index is 0.610. The number of rotatable bonds is 2. The summed E-state index contributed by atoms with van der Waals surface area (Å²) < 4.78 is 0. The molecule has 1 unspecified atom stereocenters. The number of hydrogen-bond acceptors (Lipinski definition) is 3. The maximum atomic E-state index is 10.5. The number of aliphatic hydroxyl groups is 1. The Morgan fingerprint density at radius 3 is 3.12 bits per heavy atom. The molecule has 0 aliphatic carbocycles. The Hall–Kier alpha value is -0.640. The van der Waals surface area contributed by atoms with Gasteiger partial charge in [-0.3, -0.25) is 4.98 Å². The molecule has 1 fully saturated rings. The normalized spacial score (nSPS) is 26.9. The van der Waals surface area contributed by atoms with E-state index in [0.29, 0.717) is 18.0 Å². The highest BCUT2D eigenvalue weighted by molar-refractivity contribution is 6.31. The standard InChI is InChI=1S/C12H17ClN2O/c1-15-6-2-4-12(16,9-15)7-10-3-5-14-8-11(10)13/h3,5,8,16H,2,4,6-7,9H2,1H3. The van der Waals surface area contributed by atoms with E-state index in [1.807, 2.05) is 13.1 Å². The van der Waals surface area contributed by atoms with Gasteiger partial charge in [0.25, 0.3) is 0 Å². The maximum Gasteiger partial charge on any atom is 0.0815 e. The van der Waals surface area contributed by atoms with E-state index in [1.54, 1.807) is 12.4 Å². The van der Waals surface area contributed by atoms with Crippen LogP contribution in [0.4, 0.5) is 0 Å². The smallest absolute Gasteiger partial charge is 0.0815 e. The molecule has 1 N–H and O–H groups in total. The number of likely N-dealkylation sites (N-methyl/N-ethyl adjacent to an activating group) is 1. The van der Waals surface area contributed by atoms with Crippen LogP contribution in [0.3, 0.4) is 0 Å². The number of halogens is 1. The minimum atomic E-state index is -0.641. The third-order valence-corrected chi connectivity index (χ3v) is 3.46. The van der Waals surface area contributed by atoms with Gasteiger partial charge in [0.15, 0.2) is 0 Å². The molecule has 1 saturated heterocycles. The van der Waals surface area contributed by atoms with Gasteiger partial charge in [-0.05, 0) is 38.1 Å². The average molecular weight is 241 g/mol. The van der Waals surface area contributed by atoms with E-state index in [4.69, 9.17) is 11.6 Å². The van der Waals surface area contributed by atoms with Crippen LogP contribution in [0.1, 0.15) is 18.4 Å². The second-order valence-electron chi connectivity index (χ2n) is 4.71. The van der Waals surface area contributed by atoms with Crippen LogP contribution in [-0.2, 0) is 6.42 Å². The van der Waals surface area contributed by atoms with Crippen LogP contribution >= 0.6 is 11.6 Å². The van der Waals surface area contributed by atoms with Crippen molar-refractivity contribution in [2.45, 2.75) is 24.9 Å². The summed E-state index contributed by atoms with van der Waals surface area (Å²) in [5, 5.41) is 11.1. The summed E-state index contributed by atoms with van der Waals surface area (Å²) in [5.74, 6) is 0. The van der Waals surface area contributed by atoms with Crippen molar-refractivity contribution in [1.29, 1.82) is 0 Å². The van der Waals surface area contributed by atoms with Crippen molar-refractivity contribution >= 4 is 11.6 Å². The first-order chi connectivity index (χ1) is 7.59. The number of nitrogens with zero attached hydrogens (tertiary/aromatic N) is 2. The van der Waals surface area contributed by atoms with Crippen molar-refractivity contribution in [3.8, 4) is 0 Å². The van der Waals surface area contributed by atoms with Gasteiger partial charge >= 0.3 is 0 Å². The zero-order chi connectivity index (χ0) is 11.6. The second-order valence-corrected chi connectivity index (χ2v) is 5.12.